The minimum absolute atomic E-state index is 0.216. The van der Waals surface area contributed by atoms with Gasteiger partial charge in [0, 0.05) is 62.1 Å². The maximum Gasteiger partial charge on any atom is 0.227 e. The summed E-state index contributed by atoms with van der Waals surface area (Å²) in [5, 5.41) is 0.837. The molecular formula is C24H30ClN3O. The number of nitrogens with zero attached hydrogens (tertiary/aromatic N) is 3. The van der Waals surface area contributed by atoms with Crippen LogP contribution in [0.3, 0.4) is 0 Å². The predicted molar refractivity (Wildman–Crippen MR) is 121 cm³/mol. The Morgan fingerprint density at radius 2 is 1.79 bits per heavy atom. The fraction of sp³-hybridized carbons (Fsp3) is 0.458. The van der Waals surface area contributed by atoms with Gasteiger partial charge in [-0.3, -0.25) is 9.69 Å². The molecule has 2 aliphatic rings. The van der Waals surface area contributed by atoms with Crippen molar-refractivity contribution in [1.82, 2.24) is 4.90 Å². The lowest BCUT2D eigenvalue weighted by Gasteiger charge is -2.41. The fourth-order valence-electron chi connectivity index (χ4n) is 4.77. The van der Waals surface area contributed by atoms with Crippen LogP contribution in [0.1, 0.15) is 42.5 Å². The molecule has 2 aromatic carbocycles. The van der Waals surface area contributed by atoms with Gasteiger partial charge in [-0.1, -0.05) is 36.7 Å². The largest absolute Gasteiger partial charge is 0.369 e. The molecule has 2 aromatic rings. The molecule has 0 saturated carbocycles. The van der Waals surface area contributed by atoms with Crippen molar-refractivity contribution in [2.75, 3.05) is 43.0 Å². The molecule has 1 saturated heterocycles. The second-order valence-electron chi connectivity index (χ2n) is 8.17. The van der Waals surface area contributed by atoms with Gasteiger partial charge in [-0.25, -0.2) is 0 Å². The Morgan fingerprint density at radius 1 is 1.03 bits per heavy atom. The van der Waals surface area contributed by atoms with Crippen LogP contribution < -0.4 is 9.80 Å². The highest BCUT2D eigenvalue weighted by molar-refractivity contribution is 6.31. The average Bonchev–Trinajstić information content (AvgIpc) is 2.74. The quantitative estimate of drug-likeness (QED) is 0.720. The number of aryl methyl sites for hydroxylation is 1. The van der Waals surface area contributed by atoms with Crippen molar-refractivity contribution >= 4 is 28.9 Å². The normalized spacial score (nSPS) is 18.7. The smallest absolute Gasteiger partial charge is 0.227 e. The third kappa shape index (κ3) is 3.88. The number of carbonyl (C=O) groups excluding carboxylic acids is 1. The molecule has 2 aliphatic heterocycles. The summed E-state index contributed by atoms with van der Waals surface area (Å²) in [7, 11) is 1.90. The molecule has 5 heteroatoms. The summed E-state index contributed by atoms with van der Waals surface area (Å²) in [6.45, 7) is 8.41. The molecule has 1 atom stereocenters. The zero-order valence-corrected chi connectivity index (χ0v) is 18.4. The van der Waals surface area contributed by atoms with Crippen molar-refractivity contribution in [3.63, 3.8) is 0 Å². The molecule has 1 amide bonds. The lowest BCUT2D eigenvalue weighted by atomic mass is 9.95. The number of halogens is 1. The van der Waals surface area contributed by atoms with Crippen LogP contribution in [0.5, 0.6) is 0 Å². The molecular weight excluding hydrogens is 382 g/mol. The van der Waals surface area contributed by atoms with E-state index >= 15 is 0 Å². The van der Waals surface area contributed by atoms with E-state index in [0.717, 1.165) is 55.3 Å². The summed E-state index contributed by atoms with van der Waals surface area (Å²) < 4.78 is 0. The Balaban J connectivity index is 1.50. The van der Waals surface area contributed by atoms with Crippen LogP contribution in [0, 0.1) is 6.92 Å². The van der Waals surface area contributed by atoms with E-state index in [-0.39, 0.29) is 5.91 Å². The maximum atomic E-state index is 12.1. The first-order chi connectivity index (χ1) is 14.0. The highest BCUT2D eigenvalue weighted by Crippen LogP contribution is 2.34. The Labute approximate surface area is 179 Å². The van der Waals surface area contributed by atoms with Crippen LogP contribution in [0.4, 0.5) is 11.4 Å². The molecule has 1 fully saturated rings. The Kier molecular flexibility index (Phi) is 5.84. The monoisotopic (exact) mass is 411 g/mol. The summed E-state index contributed by atoms with van der Waals surface area (Å²) in [6.07, 6.45) is 2.53. The topological polar surface area (TPSA) is 26.8 Å². The first kappa shape index (κ1) is 20.2. The maximum absolute atomic E-state index is 12.1. The van der Waals surface area contributed by atoms with E-state index in [2.05, 4.69) is 47.9 Å². The Morgan fingerprint density at radius 3 is 2.52 bits per heavy atom. The summed E-state index contributed by atoms with van der Waals surface area (Å²) in [4.78, 5) is 19.0. The number of fused-ring (bicyclic) bond motifs is 1. The summed E-state index contributed by atoms with van der Waals surface area (Å²) >= 11 is 6.33. The van der Waals surface area contributed by atoms with Gasteiger partial charge in [0.05, 0.1) is 0 Å². The SMILES string of the molecule is CCC(c1ccc2c(c1)N(C)C(=O)CC2)N1CCN(c2cccc(Cl)c2C)CC1. The van der Waals surface area contributed by atoms with Crippen LogP contribution >= 0.6 is 11.6 Å². The molecule has 29 heavy (non-hydrogen) atoms. The van der Waals surface area contributed by atoms with E-state index in [4.69, 9.17) is 11.6 Å². The third-order valence-electron chi connectivity index (χ3n) is 6.56. The number of hydrogen-bond donors (Lipinski definition) is 0. The van der Waals surface area contributed by atoms with Crippen molar-refractivity contribution < 1.29 is 4.79 Å². The predicted octanol–water partition coefficient (Wildman–Crippen LogP) is 4.83. The van der Waals surface area contributed by atoms with E-state index in [1.54, 1.807) is 0 Å². The number of amides is 1. The molecule has 4 nitrogen and oxygen atoms in total. The van der Waals surface area contributed by atoms with Crippen LogP contribution in [0.15, 0.2) is 36.4 Å². The van der Waals surface area contributed by atoms with E-state index in [9.17, 15) is 4.79 Å². The molecule has 0 radical (unpaired) electrons. The van der Waals surface area contributed by atoms with Crippen LogP contribution in [-0.4, -0.2) is 44.0 Å². The van der Waals surface area contributed by atoms with Crippen molar-refractivity contribution in [2.24, 2.45) is 0 Å². The lowest BCUT2D eigenvalue weighted by molar-refractivity contribution is -0.118. The van der Waals surface area contributed by atoms with E-state index in [1.807, 2.05) is 24.1 Å². The number of benzene rings is 2. The summed E-state index contributed by atoms with van der Waals surface area (Å²) in [5.74, 6) is 0.216. The van der Waals surface area contributed by atoms with Gasteiger partial charge in [0.2, 0.25) is 5.91 Å². The molecule has 0 N–H and O–H groups in total. The minimum Gasteiger partial charge on any atom is -0.369 e. The average molecular weight is 412 g/mol. The standard InChI is InChI=1S/C24H30ClN3O/c1-4-21(19-9-8-18-10-11-24(29)26(3)23(18)16-19)27-12-14-28(15-13-27)22-7-5-6-20(25)17(22)2/h5-9,16,21H,4,10-15H2,1-3H3. The lowest BCUT2D eigenvalue weighted by Crippen LogP contribution is -2.47. The highest BCUT2D eigenvalue weighted by Gasteiger charge is 2.27. The molecule has 2 heterocycles. The summed E-state index contributed by atoms with van der Waals surface area (Å²) in [5.41, 5.74) is 6.11. The van der Waals surface area contributed by atoms with E-state index < -0.39 is 0 Å². The number of piperazine rings is 1. The molecule has 4 rings (SSSR count). The Bertz CT molecular complexity index is 905. The molecule has 1 unspecified atom stereocenters. The minimum atomic E-state index is 0.216. The third-order valence-corrected chi connectivity index (χ3v) is 6.97. The van der Waals surface area contributed by atoms with Gasteiger partial charge >= 0.3 is 0 Å². The van der Waals surface area contributed by atoms with Gasteiger partial charge in [0.25, 0.3) is 0 Å². The van der Waals surface area contributed by atoms with E-state index in [1.165, 1.54) is 16.8 Å². The molecule has 154 valence electrons. The van der Waals surface area contributed by atoms with Crippen molar-refractivity contribution in [3.8, 4) is 0 Å². The number of rotatable bonds is 4. The van der Waals surface area contributed by atoms with Crippen molar-refractivity contribution in [2.45, 2.75) is 39.2 Å². The summed E-state index contributed by atoms with van der Waals surface area (Å²) in [6, 6.07) is 13.3. The molecule has 0 aliphatic carbocycles. The van der Waals surface area contributed by atoms with Gasteiger partial charge in [-0.05, 0) is 54.7 Å². The molecule has 0 bridgehead atoms. The molecule has 0 spiro atoms. The second-order valence-corrected chi connectivity index (χ2v) is 8.58. The van der Waals surface area contributed by atoms with Crippen LogP contribution in [-0.2, 0) is 11.2 Å². The number of anilines is 2. The van der Waals surface area contributed by atoms with Crippen molar-refractivity contribution in [3.05, 3.63) is 58.1 Å². The molecule has 0 aromatic heterocycles. The van der Waals surface area contributed by atoms with Crippen LogP contribution in [0.2, 0.25) is 5.02 Å². The van der Waals surface area contributed by atoms with Gasteiger partial charge in [0.15, 0.2) is 0 Å². The van der Waals surface area contributed by atoms with Crippen molar-refractivity contribution in [1.29, 1.82) is 0 Å². The zero-order valence-electron chi connectivity index (χ0n) is 17.6. The van der Waals surface area contributed by atoms with E-state index in [0.29, 0.717) is 12.5 Å². The number of carbonyl (C=O) groups is 1. The van der Waals surface area contributed by atoms with Gasteiger partial charge in [-0.2, -0.15) is 0 Å². The van der Waals surface area contributed by atoms with Gasteiger partial charge in [-0.15, -0.1) is 0 Å². The Hall–Kier alpha value is -2.04. The number of hydrogen-bond acceptors (Lipinski definition) is 3. The first-order valence-corrected chi connectivity index (χ1v) is 11.0. The van der Waals surface area contributed by atoms with Gasteiger partial charge < -0.3 is 9.80 Å². The zero-order chi connectivity index (χ0) is 20.5. The van der Waals surface area contributed by atoms with Crippen LogP contribution in [0.25, 0.3) is 0 Å². The second kappa shape index (κ2) is 8.37. The fourth-order valence-corrected chi connectivity index (χ4v) is 4.94. The highest BCUT2D eigenvalue weighted by atomic mass is 35.5. The van der Waals surface area contributed by atoms with Gasteiger partial charge in [0.1, 0.15) is 0 Å². The first-order valence-electron chi connectivity index (χ1n) is 10.6.